The minimum absolute atomic E-state index is 0.0355. The largest absolute Gasteiger partial charge is 0.497 e. The molecular formula is C22H27N3O3. The van der Waals surface area contributed by atoms with Crippen molar-refractivity contribution < 1.29 is 14.3 Å². The molecule has 1 aliphatic heterocycles. The number of methoxy groups -OCH3 is 1. The summed E-state index contributed by atoms with van der Waals surface area (Å²) in [6, 6.07) is 15.8. The predicted molar refractivity (Wildman–Crippen MR) is 110 cm³/mol. The smallest absolute Gasteiger partial charge is 0.242 e. The molecule has 1 saturated heterocycles. The molecule has 2 aromatic carbocycles. The van der Waals surface area contributed by atoms with Gasteiger partial charge in [0.2, 0.25) is 11.8 Å². The number of carbonyl (C=O) groups is 2. The summed E-state index contributed by atoms with van der Waals surface area (Å²) in [5, 5.41) is 2.74. The molecule has 148 valence electrons. The van der Waals surface area contributed by atoms with Gasteiger partial charge in [0.25, 0.3) is 0 Å². The van der Waals surface area contributed by atoms with Crippen LogP contribution in [0.2, 0.25) is 0 Å². The van der Waals surface area contributed by atoms with Gasteiger partial charge in [0.15, 0.2) is 0 Å². The summed E-state index contributed by atoms with van der Waals surface area (Å²) in [5.41, 5.74) is 3.23. The molecular weight excluding hydrogens is 354 g/mol. The Morgan fingerprint density at radius 3 is 2.21 bits per heavy atom. The molecule has 0 atom stereocenters. The maximum atomic E-state index is 12.4. The Bertz CT molecular complexity index is 795. The van der Waals surface area contributed by atoms with E-state index in [0.29, 0.717) is 19.5 Å². The standard InChI is InChI=1S/C22H27N3O3/c1-17-3-5-18(6-4-17)15-21(26)23-16-22(27)25-13-11-24(12-14-25)19-7-9-20(28-2)10-8-19/h3-10H,11-16H2,1-2H3,(H,23,26). The lowest BCUT2D eigenvalue weighted by molar-refractivity contribution is -0.133. The van der Waals surface area contributed by atoms with Gasteiger partial charge in [0.05, 0.1) is 20.1 Å². The van der Waals surface area contributed by atoms with E-state index in [4.69, 9.17) is 4.74 Å². The number of hydrogen-bond acceptors (Lipinski definition) is 4. The van der Waals surface area contributed by atoms with E-state index in [1.807, 2.05) is 60.4 Å². The Hall–Kier alpha value is -3.02. The van der Waals surface area contributed by atoms with Crippen molar-refractivity contribution in [2.45, 2.75) is 13.3 Å². The molecule has 6 nitrogen and oxygen atoms in total. The Balaban J connectivity index is 1.42. The zero-order valence-corrected chi connectivity index (χ0v) is 16.5. The highest BCUT2D eigenvalue weighted by Crippen LogP contribution is 2.20. The van der Waals surface area contributed by atoms with E-state index in [-0.39, 0.29) is 18.4 Å². The summed E-state index contributed by atoms with van der Waals surface area (Å²) in [6.07, 6.45) is 0.290. The van der Waals surface area contributed by atoms with Crippen LogP contribution in [0.3, 0.4) is 0 Å². The highest BCUT2D eigenvalue weighted by atomic mass is 16.5. The van der Waals surface area contributed by atoms with Crippen molar-refractivity contribution in [3.8, 4) is 5.75 Å². The van der Waals surface area contributed by atoms with Crippen LogP contribution in [0.1, 0.15) is 11.1 Å². The molecule has 2 amide bonds. The number of hydrogen-bond donors (Lipinski definition) is 1. The molecule has 6 heteroatoms. The SMILES string of the molecule is COc1ccc(N2CCN(C(=O)CNC(=O)Cc3ccc(C)cc3)CC2)cc1. The Morgan fingerprint density at radius 2 is 1.61 bits per heavy atom. The molecule has 28 heavy (non-hydrogen) atoms. The van der Waals surface area contributed by atoms with E-state index in [9.17, 15) is 9.59 Å². The fourth-order valence-electron chi connectivity index (χ4n) is 3.25. The summed E-state index contributed by atoms with van der Waals surface area (Å²) in [6.45, 7) is 4.91. The maximum absolute atomic E-state index is 12.4. The Morgan fingerprint density at radius 1 is 0.964 bits per heavy atom. The van der Waals surface area contributed by atoms with Gasteiger partial charge >= 0.3 is 0 Å². The molecule has 0 saturated carbocycles. The molecule has 0 aromatic heterocycles. The lowest BCUT2D eigenvalue weighted by Gasteiger charge is -2.36. The number of amides is 2. The van der Waals surface area contributed by atoms with Gasteiger partial charge in [-0.3, -0.25) is 9.59 Å². The zero-order chi connectivity index (χ0) is 19.9. The second-order valence-electron chi connectivity index (χ2n) is 7.00. The first kappa shape index (κ1) is 19.7. The van der Waals surface area contributed by atoms with Crippen LogP contribution in [0.15, 0.2) is 48.5 Å². The van der Waals surface area contributed by atoms with Crippen molar-refractivity contribution in [1.29, 1.82) is 0 Å². The van der Waals surface area contributed by atoms with Crippen molar-refractivity contribution in [2.24, 2.45) is 0 Å². The average molecular weight is 381 g/mol. The molecule has 0 aliphatic carbocycles. The first-order chi connectivity index (χ1) is 13.5. The van der Waals surface area contributed by atoms with Crippen LogP contribution in [0.5, 0.6) is 5.75 Å². The van der Waals surface area contributed by atoms with Crippen LogP contribution in [-0.4, -0.2) is 56.5 Å². The number of anilines is 1. The van der Waals surface area contributed by atoms with E-state index in [1.54, 1.807) is 7.11 Å². The fraction of sp³-hybridized carbons (Fsp3) is 0.364. The third-order valence-electron chi connectivity index (χ3n) is 4.99. The summed E-state index contributed by atoms with van der Waals surface area (Å²) < 4.78 is 5.19. The molecule has 0 radical (unpaired) electrons. The summed E-state index contributed by atoms with van der Waals surface area (Å²) in [7, 11) is 1.65. The number of benzene rings is 2. The van der Waals surface area contributed by atoms with Crippen LogP contribution in [-0.2, 0) is 16.0 Å². The Labute approximate surface area is 166 Å². The van der Waals surface area contributed by atoms with Crippen LogP contribution in [0, 0.1) is 6.92 Å². The molecule has 3 rings (SSSR count). The molecule has 1 heterocycles. The van der Waals surface area contributed by atoms with E-state index in [1.165, 1.54) is 0 Å². The second kappa shape index (κ2) is 9.26. The van der Waals surface area contributed by atoms with Gasteiger partial charge in [-0.25, -0.2) is 0 Å². The molecule has 1 aliphatic rings. The van der Waals surface area contributed by atoms with E-state index >= 15 is 0 Å². The predicted octanol–water partition coefficient (Wildman–Crippen LogP) is 2.01. The van der Waals surface area contributed by atoms with Gasteiger partial charge in [-0.05, 0) is 36.8 Å². The third kappa shape index (κ3) is 5.25. The monoisotopic (exact) mass is 381 g/mol. The van der Waals surface area contributed by atoms with Crippen molar-refractivity contribution in [3.05, 3.63) is 59.7 Å². The number of nitrogens with zero attached hydrogens (tertiary/aromatic N) is 2. The van der Waals surface area contributed by atoms with Crippen molar-refractivity contribution in [1.82, 2.24) is 10.2 Å². The van der Waals surface area contributed by atoms with Gasteiger partial charge in [0.1, 0.15) is 5.75 Å². The van der Waals surface area contributed by atoms with Gasteiger partial charge in [-0.2, -0.15) is 0 Å². The minimum Gasteiger partial charge on any atom is -0.497 e. The third-order valence-corrected chi connectivity index (χ3v) is 4.99. The summed E-state index contributed by atoms with van der Waals surface area (Å²) in [4.78, 5) is 28.5. The highest BCUT2D eigenvalue weighted by molar-refractivity contribution is 5.85. The molecule has 0 unspecified atom stereocenters. The minimum atomic E-state index is -0.130. The molecule has 0 spiro atoms. The normalized spacial score (nSPS) is 13.9. The number of aryl methyl sites for hydroxylation is 1. The lowest BCUT2D eigenvalue weighted by Crippen LogP contribution is -2.51. The van der Waals surface area contributed by atoms with Gasteiger partial charge in [-0.1, -0.05) is 29.8 Å². The first-order valence-corrected chi connectivity index (χ1v) is 9.54. The van der Waals surface area contributed by atoms with Crippen LogP contribution in [0.4, 0.5) is 5.69 Å². The average Bonchev–Trinajstić information content (AvgIpc) is 2.74. The Kier molecular flexibility index (Phi) is 6.53. The molecule has 0 bridgehead atoms. The van der Waals surface area contributed by atoms with Gasteiger partial charge in [-0.15, -0.1) is 0 Å². The van der Waals surface area contributed by atoms with Crippen LogP contribution in [0.25, 0.3) is 0 Å². The van der Waals surface area contributed by atoms with Crippen molar-refractivity contribution >= 4 is 17.5 Å². The summed E-state index contributed by atoms with van der Waals surface area (Å²) in [5.74, 6) is 0.666. The number of piperazine rings is 1. The van der Waals surface area contributed by atoms with Gasteiger partial charge in [0, 0.05) is 31.9 Å². The molecule has 1 fully saturated rings. The van der Waals surface area contributed by atoms with E-state index < -0.39 is 0 Å². The van der Waals surface area contributed by atoms with E-state index in [2.05, 4.69) is 10.2 Å². The molecule has 1 N–H and O–H groups in total. The first-order valence-electron chi connectivity index (χ1n) is 9.54. The second-order valence-corrected chi connectivity index (χ2v) is 7.00. The number of nitrogens with one attached hydrogen (secondary N) is 1. The fourth-order valence-corrected chi connectivity index (χ4v) is 3.25. The zero-order valence-electron chi connectivity index (χ0n) is 16.5. The number of rotatable bonds is 6. The molecule has 2 aromatic rings. The van der Waals surface area contributed by atoms with Crippen LogP contribution < -0.4 is 15.0 Å². The lowest BCUT2D eigenvalue weighted by atomic mass is 10.1. The quantitative estimate of drug-likeness (QED) is 0.832. The van der Waals surface area contributed by atoms with Crippen LogP contribution >= 0.6 is 0 Å². The van der Waals surface area contributed by atoms with Crippen molar-refractivity contribution in [2.75, 3.05) is 44.7 Å². The topological polar surface area (TPSA) is 61.9 Å². The number of carbonyl (C=O) groups excluding carboxylic acids is 2. The van der Waals surface area contributed by atoms with E-state index in [0.717, 1.165) is 35.7 Å². The maximum Gasteiger partial charge on any atom is 0.242 e. The van der Waals surface area contributed by atoms with Gasteiger partial charge < -0.3 is 19.9 Å². The number of ether oxygens (including phenoxy) is 1. The van der Waals surface area contributed by atoms with Crippen molar-refractivity contribution in [3.63, 3.8) is 0 Å². The summed E-state index contributed by atoms with van der Waals surface area (Å²) >= 11 is 0. The highest BCUT2D eigenvalue weighted by Gasteiger charge is 2.21.